The lowest BCUT2D eigenvalue weighted by Gasteiger charge is -2.15. The molecule has 1 aromatic rings. The minimum absolute atomic E-state index is 0.0876. The van der Waals surface area contributed by atoms with E-state index in [2.05, 4.69) is 17.2 Å². The van der Waals surface area contributed by atoms with Gasteiger partial charge in [-0.2, -0.15) is 0 Å². The van der Waals surface area contributed by atoms with Crippen LogP contribution in [0.15, 0.2) is 30.4 Å². The molecule has 1 aromatic carbocycles. The molecule has 6 heteroatoms. The number of rotatable bonds is 4. The highest BCUT2D eigenvalue weighted by Crippen LogP contribution is 2.20. The molecule has 20 heavy (non-hydrogen) atoms. The number of benzene rings is 1. The first-order valence-electron chi connectivity index (χ1n) is 6.03. The van der Waals surface area contributed by atoms with Crippen molar-refractivity contribution in [2.24, 2.45) is 0 Å². The fourth-order valence-corrected chi connectivity index (χ4v) is 1.33. The maximum absolute atomic E-state index is 11.7. The Morgan fingerprint density at radius 1 is 1.40 bits per heavy atom. The molecule has 0 spiro atoms. The van der Waals surface area contributed by atoms with E-state index >= 15 is 0 Å². The maximum atomic E-state index is 11.7. The van der Waals surface area contributed by atoms with E-state index in [0.29, 0.717) is 11.3 Å². The van der Waals surface area contributed by atoms with Crippen molar-refractivity contribution in [1.29, 1.82) is 0 Å². The Labute approximate surface area is 117 Å². The van der Waals surface area contributed by atoms with Crippen LogP contribution in [0, 0.1) is 6.92 Å². The molecule has 1 unspecified atom stereocenters. The van der Waals surface area contributed by atoms with E-state index < -0.39 is 18.2 Å². The van der Waals surface area contributed by atoms with Crippen LogP contribution in [0.2, 0.25) is 0 Å². The van der Waals surface area contributed by atoms with Crippen LogP contribution in [0.1, 0.15) is 19.4 Å². The summed E-state index contributed by atoms with van der Waals surface area (Å²) in [5, 5.41) is 14.5. The number of esters is 1. The van der Waals surface area contributed by atoms with E-state index in [0.717, 1.165) is 0 Å². The number of ether oxygens (including phenoxy) is 1. The molecule has 0 bridgehead atoms. The number of hydrogen-bond acceptors (Lipinski definition) is 4. The van der Waals surface area contributed by atoms with Crippen molar-refractivity contribution < 1.29 is 19.4 Å². The molecule has 0 heterocycles. The van der Waals surface area contributed by atoms with Gasteiger partial charge in [0.05, 0.1) is 0 Å². The Bertz CT molecular complexity index is 540. The van der Waals surface area contributed by atoms with Crippen molar-refractivity contribution in [2.75, 3.05) is 5.32 Å². The summed E-state index contributed by atoms with van der Waals surface area (Å²) in [7, 11) is 0. The summed E-state index contributed by atoms with van der Waals surface area (Å²) in [6.07, 6.45) is -0.793. The van der Waals surface area contributed by atoms with Gasteiger partial charge in [0.2, 0.25) is 0 Å². The van der Waals surface area contributed by atoms with Crippen molar-refractivity contribution in [3.8, 4) is 5.75 Å². The molecular formula is C14H18N2O4. The third-order valence-electron chi connectivity index (χ3n) is 2.43. The first-order valence-corrected chi connectivity index (χ1v) is 6.03. The molecule has 0 aliphatic rings. The highest BCUT2D eigenvalue weighted by Gasteiger charge is 2.12. The SMILES string of the molecule is C=C(C)C(=O)OC(C)NC(=O)Nc1ccc(C)c(O)c1. The van der Waals surface area contributed by atoms with Gasteiger partial charge in [0.25, 0.3) is 0 Å². The summed E-state index contributed by atoms with van der Waals surface area (Å²) >= 11 is 0. The highest BCUT2D eigenvalue weighted by atomic mass is 16.6. The van der Waals surface area contributed by atoms with Gasteiger partial charge in [-0.25, -0.2) is 9.59 Å². The molecule has 0 saturated carbocycles. The minimum Gasteiger partial charge on any atom is -0.508 e. The lowest BCUT2D eigenvalue weighted by atomic mass is 10.2. The Morgan fingerprint density at radius 2 is 2.05 bits per heavy atom. The molecule has 0 aliphatic heterocycles. The molecule has 3 N–H and O–H groups in total. The summed E-state index contributed by atoms with van der Waals surface area (Å²) in [5.74, 6) is -0.490. The maximum Gasteiger partial charge on any atom is 0.335 e. The molecule has 1 rings (SSSR count). The van der Waals surface area contributed by atoms with Crippen LogP contribution in [0.4, 0.5) is 10.5 Å². The number of phenolic OH excluding ortho intramolecular Hbond substituents is 1. The number of nitrogens with one attached hydrogen (secondary N) is 2. The first kappa shape index (κ1) is 15.6. The highest BCUT2D eigenvalue weighted by molar-refractivity contribution is 5.90. The van der Waals surface area contributed by atoms with Crippen LogP contribution in [0.3, 0.4) is 0 Å². The number of urea groups is 1. The van der Waals surface area contributed by atoms with Gasteiger partial charge in [0.15, 0.2) is 6.23 Å². The van der Waals surface area contributed by atoms with Gasteiger partial charge in [-0.15, -0.1) is 0 Å². The third kappa shape index (κ3) is 4.64. The van der Waals surface area contributed by atoms with Gasteiger partial charge < -0.3 is 20.5 Å². The molecule has 0 saturated heterocycles. The molecule has 0 radical (unpaired) electrons. The number of carbonyl (C=O) groups excluding carboxylic acids is 2. The Balaban J connectivity index is 2.52. The van der Waals surface area contributed by atoms with Crippen molar-refractivity contribution >= 4 is 17.7 Å². The second kappa shape index (κ2) is 6.60. The number of aryl methyl sites for hydroxylation is 1. The van der Waals surface area contributed by atoms with E-state index in [-0.39, 0.29) is 11.3 Å². The van der Waals surface area contributed by atoms with Crippen LogP contribution in [0.5, 0.6) is 5.75 Å². The van der Waals surface area contributed by atoms with Gasteiger partial charge in [-0.05, 0) is 32.4 Å². The molecule has 1 atom stereocenters. The minimum atomic E-state index is -0.793. The Morgan fingerprint density at radius 3 is 2.60 bits per heavy atom. The average molecular weight is 278 g/mol. The summed E-state index contributed by atoms with van der Waals surface area (Å²) < 4.78 is 4.90. The molecular weight excluding hydrogens is 260 g/mol. The van der Waals surface area contributed by atoms with Gasteiger partial charge >= 0.3 is 12.0 Å². The van der Waals surface area contributed by atoms with E-state index in [1.807, 2.05) is 0 Å². The van der Waals surface area contributed by atoms with Crippen molar-refractivity contribution in [3.05, 3.63) is 35.9 Å². The quantitative estimate of drug-likeness (QED) is 0.448. The fourth-order valence-electron chi connectivity index (χ4n) is 1.33. The smallest absolute Gasteiger partial charge is 0.335 e. The fraction of sp³-hybridized carbons (Fsp3) is 0.286. The largest absolute Gasteiger partial charge is 0.508 e. The molecule has 6 nitrogen and oxygen atoms in total. The van der Waals surface area contributed by atoms with Gasteiger partial charge in [-0.1, -0.05) is 12.6 Å². The standard InChI is InChI=1S/C14H18N2O4/c1-8(2)13(18)20-10(4)15-14(19)16-11-6-5-9(3)12(17)7-11/h5-7,10,17H,1H2,2-4H3,(H2,15,16,19). The summed E-state index contributed by atoms with van der Waals surface area (Å²) in [6, 6.07) is 4.21. The van der Waals surface area contributed by atoms with Crippen molar-refractivity contribution in [2.45, 2.75) is 27.0 Å². The van der Waals surface area contributed by atoms with E-state index in [4.69, 9.17) is 4.74 Å². The van der Waals surface area contributed by atoms with Crippen LogP contribution >= 0.6 is 0 Å². The van der Waals surface area contributed by atoms with Crippen LogP contribution in [-0.2, 0) is 9.53 Å². The van der Waals surface area contributed by atoms with Crippen molar-refractivity contribution in [1.82, 2.24) is 5.32 Å². The van der Waals surface area contributed by atoms with Gasteiger partial charge in [0, 0.05) is 17.3 Å². The van der Waals surface area contributed by atoms with Crippen LogP contribution < -0.4 is 10.6 Å². The second-order valence-corrected chi connectivity index (χ2v) is 4.43. The Hall–Kier alpha value is -2.50. The topological polar surface area (TPSA) is 87.7 Å². The van der Waals surface area contributed by atoms with E-state index in [1.54, 1.807) is 19.1 Å². The Kier molecular flexibility index (Phi) is 5.14. The molecule has 2 amide bonds. The summed E-state index contributed by atoms with van der Waals surface area (Å²) in [4.78, 5) is 22.9. The molecule has 0 aromatic heterocycles. The van der Waals surface area contributed by atoms with Gasteiger partial charge in [0.1, 0.15) is 5.75 Å². The number of hydrogen-bond donors (Lipinski definition) is 3. The average Bonchev–Trinajstić information content (AvgIpc) is 2.33. The molecule has 108 valence electrons. The first-order chi connectivity index (χ1) is 9.29. The molecule has 0 fully saturated rings. The zero-order valence-electron chi connectivity index (χ0n) is 11.7. The lowest BCUT2D eigenvalue weighted by molar-refractivity contribution is -0.144. The van der Waals surface area contributed by atoms with E-state index in [1.165, 1.54) is 19.9 Å². The lowest BCUT2D eigenvalue weighted by Crippen LogP contribution is -2.39. The second-order valence-electron chi connectivity index (χ2n) is 4.43. The predicted molar refractivity (Wildman–Crippen MR) is 75.4 cm³/mol. The predicted octanol–water partition coefficient (Wildman–Crippen LogP) is 2.29. The van der Waals surface area contributed by atoms with Crippen LogP contribution in [0.25, 0.3) is 0 Å². The van der Waals surface area contributed by atoms with Crippen molar-refractivity contribution in [3.63, 3.8) is 0 Å². The number of anilines is 1. The summed E-state index contributed by atoms with van der Waals surface area (Å²) in [5.41, 5.74) is 1.39. The third-order valence-corrected chi connectivity index (χ3v) is 2.43. The van der Waals surface area contributed by atoms with Gasteiger partial charge in [-0.3, -0.25) is 0 Å². The number of phenols is 1. The number of aromatic hydroxyl groups is 1. The normalized spacial score (nSPS) is 11.3. The molecule has 0 aliphatic carbocycles. The zero-order valence-corrected chi connectivity index (χ0v) is 11.7. The number of carbonyl (C=O) groups is 2. The zero-order chi connectivity index (χ0) is 15.3. The number of amides is 2. The van der Waals surface area contributed by atoms with E-state index in [9.17, 15) is 14.7 Å². The van der Waals surface area contributed by atoms with Crippen LogP contribution in [-0.4, -0.2) is 23.3 Å². The monoisotopic (exact) mass is 278 g/mol. The summed E-state index contributed by atoms with van der Waals surface area (Å²) in [6.45, 7) is 8.23.